The van der Waals surface area contributed by atoms with Crippen LogP contribution < -0.4 is 0 Å². The third-order valence-electron chi connectivity index (χ3n) is 11.3. The Morgan fingerprint density at radius 3 is 0.789 bits per heavy atom. The number of allylic oxidation sites excluding steroid dienone is 24. The topological polar surface area (TPSA) is 78.9 Å². The first kappa shape index (κ1) is 66.3. The van der Waals surface area contributed by atoms with E-state index in [2.05, 4.69) is 167 Å². The van der Waals surface area contributed by atoms with Gasteiger partial charge in [0.05, 0.1) is 0 Å². The zero-order valence-electron chi connectivity index (χ0n) is 45.4. The SMILES string of the molecule is CC/C=C\C/C=C\C/C=C\C/C=C\CCCCCCCCC(=O)OCC(COC(=O)CCCCCC/C=C\C/C=C\C/C=C\C/C=C\CC)OC(=O)CCCCCC/C=C\C/C=C\C/C=C\C/C=C\CC. The minimum atomic E-state index is -0.815. The molecular formula is C65H102O6. The van der Waals surface area contributed by atoms with E-state index in [1.54, 1.807) is 0 Å². The molecule has 398 valence electrons. The number of esters is 3. The quantitative estimate of drug-likeness (QED) is 0.0262. The lowest BCUT2D eigenvalue weighted by Gasteiger charge is -2.18. The number of unbranched alkanes of at least 4 members (excludes halogenated alkanes) is 14. The zero-order valence-corrected chi connectivity index (χ0v) is 45.4. The maximum Gasteiger partial charge on any atom is 0.306 e. The van der Waals surface area contributed by atoms with Crippen LogP contribution in [0.15, 0.2) is 146 Å². The molecule has 0 aliphatic heterocycles. The molecule has 6 heteroatoms. The average Bonchev–Trinajstić information content (AvgIpc) is 3.37. The van der Waals surface area contributed by atoms with Gasteiger partial charge in [-0.05, 0) is 135 Å². The molecule has 0 bridgehead atoms. The first-order valence-electron chi connectivity index (χ1n) is 28.3. The first-order valence-corrected chi connectivity index (χ1v) is 28.3. The second-order valence-corrected chi connectivity index (χ2v) is 18.0. The summed E-state index contributed by atoms with van der Waals surface area (Å²) in [4.78, 5) is 38.2. The highest BCUT2D eigenvalue weighted by atomic mass is 16.6. The van der Waals surface area contributed by atoms with Crippen LogP contribution in [0.2, 0.25) is 0 Å². The largest absolute Gasteiger partial charge is 0.462 e. The Morgan fingerprint density at radius 1 is 0.282 bits per heavy atom. The summed E-state index contributed by atoms with van der Waals surface area (Å²) in [6, 6.07) is 0. The normalized spacial score (nSPS) is 13.2. The maximum atomic E-state index is 12.9. The molecule has 0 heterocycles. The van der Waals surface area contributed by atoms with Gasteiger partial charge in [-0.1, -0.05) is 218 Å². The van der Waals surface area contributed by atoms with Gasteiger partial charge in [-0.3, -0.25) is 14.4 Å². The van der Waals surface area contributed by atoms with Crippen molar-refractivity contribution in [1.82, 2.24) is 0 Å². The lowest BCUT2D eigenvalue weighted by Crippen LogP contribution is -2.30. The van der Waals surface area contributed by atoms with E-state index >= 15 is 0 Å². The number of carbonyl (C=O) groups excluding carboxylic acids is 3. The molecule has 1 atom stereocenters. The van der Waals surface area contributed by atoms with Crippen molar-refractivity contribution in [1.29, 1.82) is 0 Å². The molecule has 0 aromatic rings. The summed E-state index contributed by atoms with van der Waals surface area (Å²) >= 11 is 0. The molecule has 0 saturated heterocycles. The molecule has 0 aromatic carbocycles. The minimum absolute atomic E-state index is 0.110. The zero-order chi connectivity index (χ0) is 51.4. The molecule has 0 N–H and O–H groups in total. The van der Waals surface area contributed by atoms with Crippen LogP contribution in [0, 0.1) is 0 Å². The van der Waals surface area contributed by atoms with Crippen molar-refractivity contribution in [3.05, 3.63) is 146 Å². The Labute approximate surface area is 436 Å². The minimum Gasteiger partial charge on any atom is -0.462 e. The van der Waals surface area contributed by atoms with Gasteiger partial charge in [0.15, 0.2) is 6.10 Å². The molecule has 0 aromatic heterocycles. The van der Waals surface area contributed by atoms with E-state index in [0.717, 1.165) is 173 Å². The van der Waals surface area contributed by atoms with Crippen molar-refractivity contribution < 1.29 is 28.6 Å². The van der Waals surface area contributed by atoms with Gasteiger partial charge in [0.25, 0.3) is 0 Å². The highest BCUT2D eigenvalue weighted by molar-refractivity contribution is 5.71. The van der Waals surface area contributed by atoms with E-state index in [1.165, 1.54) is 12.8 Å². The molecule has 0 radical (unpaired) electrons. The second-order valence-electron chi connectivity index (χ2n) is 18.0. The van der Waals surface area contributed by atoms with Crippen LogP contribution in [-0.2, 0) is 28.6 Å². The number of hydrogen-bond donors (Lipinski definition) is 0. The fraction of sp³-hybridized carbons (Fsp3) is 0.585. The predicted molar refractivity (Wildman–Crippen MR) is 306 cm³/mol. The van der Waals surface area contributed by atoms with Crippen LogP contribution in [0.25, 0.3) is 0 Å². The van der Waals surface area contributed by atoms with Crippen molar-refractivity contribution in [2.24, 2.45) is 0 Å². The van der Waals surface area contributed by atoms with Crippen molar-refractivity contribution in [2.75, 3.05) is 13.2 Å². The van der Waals surface area contributed by atoms with Gasteiger partial charge < -0.3 is 14.2 Å². The predicted octanol–water partition coefficient (Wildman–Crippen LogP) is 19.2. The lowest BCUT2D eigenvalue weighted by atomic mass is 10.1. The van der Waals surface area contributed by atoms with Crippen LogP contribution in [0.1, 0.15) is 226 Å². The molecule has 0 fully saturated rings. The molecular weight excluding hydrogens is 877 g/mol. The van der Waals surface area contributed by atoms with Gasteiger partial charge in [0.2, 0.25) is 0 Å². The Morgan fingerprint density at radius 2 is 0.507 bits per heavy atom. The Hall–Kier alpha value is -4.71. The molecule has 0 aliphatic carbocycles. The summed E-state index contributed by atoms with van der Waals surface area (Å²) in [5, 5.41) is 0. The third-order valence-corrected chi connectivity index (χ3v) is 11.3. The van der Waals surface area contributed by atoms with Crippen molar-refractivity contribution in [3.63, 3.8) is 0 Å². The van der Waals surface area contributed by atoms with Crippen LogP contribution in [0.4, 0.5) is 0 Å². The summed E-state index contributed by atoms with van der Waals surface area (Å²) in [6.45, 7) is 6.23. The number of carbonyl (C=O) groups is 3. The van der Waals surface area contributed by atoms with E-state index in [1.807, 2.05) is 0 Å². The van der Waals surface area contributed by atoms with Gasteiger partial charge in [0.1, 0.15) is 13.2 Å². The van der Waals surface area contributed by atoms with E-state index in [-0.39, 0.29) is 37.5 Å². The van der Waals surface area contributed by atoms with Gasteiger partial charge in [0, 0.05) is 19.3 Å². The highest BCUT2D eigenvalue weighted by Gasteiger charge is 2.19. The van der Waals surface area contributed by atoms with Crippen molar-refractivity contribution in [2.45, 2.75) is 232 Å². The Balaban J connectivity index is 4.53. The summed E-state index contributed by atoms with van der Waals surface area (Å²) in [7, 11) is 0. The lowest BCUT2D eigenvalue weighted by molar-refractivity contribution is -0.167. The fourth-order valence-corrected chi connectivity index (χ4v) is 7.18. The molecule has 0 spiro atoms. The van der Waals surface area contributed by atoms with E-state index in [0.29, 0.717) is 12.8 Å². The van der Waals surface area contributed by atoms with Gasteiger partial charge in [-0.15, -0.1) is 0 Å². The van der Waals surface area contributed by atoms with E-state index in [9.17, 15) is 14.4 Å². The van der Waals surface area contributed by atoms with Crippen molar-refractivity contribution in [3.8, 4) is 0 Å². The third kappa shape index (κ3) is 56.1. The number of ether oxygens (including phenoxy) is 3. The molecule has 0 rings (SSSR count). The summed E-state index contributed by atoms with van der Waals surface area (Å²) in [5.74, 6) is -0.977. The molecule has 0 amide bonds. The van der Waals surface area contributed by atoms with Crippen LogP contribution >= 0.6 is 0 Å². The standard InChI is InChI=1S/C65H102O6/c1-4-7-10-13-16-19-22-25-28-31-32-35-37-40-43-46-49-52-55-58-64(67)70-61-62(71-65(68)59-56-53-50-47-44-41-38-34-30-27-24-21-18-15-12-9-6-3)60-69-63(66)57-54-51-48-45-42-39-36-33-29-26-23-20-17-14-11-8-5-2/h7-12,16-21,25-30,32,35-36,38-39,41,62H,4-6,13-15,22-24,31,33-34,37,40,42-61H2,1-3H3/b10-7-,11-8-,12-9-,19-16-,20-17-,21-18-,28-25-,29-26-,30-27-,35-32-,39-36-,41-38-. The van der Waals surface area contributed by atoms with E-state index in [4.69, 9.17) is 14.2 Å². The first-order chi connectivity index (χ1) is 35.0. The van der Waals surface area contributed by atoms with Gasteiger partial charge in [-0.25, -0.2) is 0 Å². The molecule has 0 aliphatic rings. The average molecular weight is 980 g/mol. The monoisotopic (exact) mass is 979 g/mol. The summed E-state index contributed by atoms with van der Waals surface area (Å²) in [6.07, 6.45) is 82.6. The second kappa shape index (κ2) is 57.9. The molecule has 0 saturated carbocycles. The summed E-state index contributed by atoms with van der Waals surface area (Å²) < 4.78 is 16.8. The number of hydrogen-bond acceptors (Lipinski definition) is 6. The van der Waals surface area contributed by atoms with Crippen LogP contribution in [0.3, 0.4) is 0 Å². The van der Waals surface area contributed by atoms with Gasteiger partial charge in [-0.2, -0.15) is 0 Å². The molecule has 71 heavy (non-hydrogen) atoms. The van der Waals surface area contributed by atoms with Crippen molar-refractivity contribution >= 4 is 17.9 Å². The van der Waals surface area contributed by atoms with Crippen LogP contribution in [0.5, 0.6) is 0 Å². The summed E-state index contributed by atoms with van der Waals surface area (Å²) in [5.41, 5.74) is 0. The van der Waals surface area contributed by atoms with Crippen LogP contribution in [-0.4, -0.2) is 37.2 Å². The fourth-order valence-electron chi connectivity index (χ4n) is 7.18. The van der Waals surface area contributed by atoms with E-state index < -0.39 is 6.10 Å². The van der Waals surface area contributed by atoms with Gasteiger partial charge >= 0.3 is 17.9 Å². The maximum absolute atomic E-state index is 12.9. The Kier molecular flexibility index (Phi) is 54.0. The smallest absolute Gasteiger partial charge is 0.306 e. The number of rotatable bonds is 49. The Bertz CT molecular complexity index is 1590. The highest BCUT2D eigenvalue weighted by Crippen LogP contribution is 2.13. The molecule has 1 unspecified atom stereocenters. The molecule has 6 nitrogen and oxygen atoms in total.